The smallest absolute Gasteiger partial charge is 0.229 e. The molecule has 1 heterocycles. The Bertz CT molecular complexity index is 443. The molecule has 0 unspecified atom stereocenters. The second kappa shape index (κ2) is 6.44. The molecular formula is C13H16N2O2S. The van der Waals surface area contributed by atoms with Crippen molar-refractivity contribution in [3.05, 3.63) is 29.8 Å². The maximum Gasteiger partial charge on any atom is 0.229 e. The van der Waals surface area contributed by atoms with Crippen molar-refractivity contribution in [2.24, 2.45) is 4.99 Å². The van der Waals surface area contributed by atoms with E-state index >= 15 is 0 Å². The van der Waals surface area contributed by atoms with E-state index in [2.05, 4.69) is 10.3 Å². The van der Waals surface area contributed by atoms with Crippen LogP contribution in [0.15, 0.2) is 29.3 Å². The number of hydrogen-bond donors (Lipinski definition) is 1. The van der Waals surface area contributed by atoms with E-state index < -0.39 is 0 Å². The van der Waals surface area contributed by atoms with E-state index in [4.69, 9.17) is 4.74 Å². The van der Waals surface area contributed by atoms with Gasteiger partial charge >= 0.3 is 0 Å². The summed E-state index contributed by atoms with van der Waals surface area (Å²) in [6, 6.07) is 7.78. The van der Waals surface area contributed by atoms with Gasteiger partial charge in [0.25, 0.3) is 0 Å². The number of aliphatic imine (C=N–C) groups is 1. The summed E-state index contributed by atoms with van der Waals surface area (Å²) < 4.78 is 5.49. The molecule has 0 atom stereocenters. The lowest BCUT2D eigenvalue weighted by Gasteiger charge is -2.06. The lowest BCUT2D eigenvalue weighted by molar-refractivity contribution is -0.120. The Morgan fingerprint density at radius 1 is 1.44 bits per heavy atom. The average Bonchev–Trinajstić information content (AvgIpc) is 2.84. The maximum absolute atomic E-state index is 11.6. The van der Waals surface area contributed by atoms with Gasteiger partial charge in [0.2, 0.25) is 5.91 Å². The molecule has 1 aromatic carbocycles. The quantitative estimate of drug-likeness (QED) is 0.904. The molecule has 1 aromatic rings. The van der Waals surface area contributed by atoms with Crippen LogP contribution >= 0.6 is 11.8 Å². The van der Waals surface area contributed by atoms with Gasteiger partial charge in [-0.1, -0.05) is 29.5 Å². The highest BCUT2D eigenvalue weighted by molar-refractivity contribution is 8.14. The van der Waals surface area contributed by atoms with Gasteiger partial charge in [0, 0.05) is 5.75 Å². The van der Waals surface area contributed by atoms with Crippen molar-refractivity contribution in [1.29, 1.82) is 0 Å². The van der Waals surface area contributed by atoms with Gasteiger partial charge in [0.05, 0.1) is 19.6 Å². The van der Waals surface area contributed by atoms with Gasteiger partial charge < -0.3 is 10.1 Å². The van der Waals surface area contributed by atoms with E-state index in [9.17, 15) is 4.79 Å². The number of amides is 1. The fourth-order valence-electron chi connectivity index (χ4n) is 1.49. The van der Waals surface area contributed by atoms with Crippen LogP contribution in [-0.4, -0.2) is 30.0 Å². The zero-order valence-electron chi connectivity index (χ0n) is 10.3. The summed E-state index contributed by atoms with van der Waals surface area (Å²) in [5, 5.41) is 3.50. The van der Waals surface area contributed by atoms with Crippen molar-refractivity contribution in [1.82, 2.24) is 5.32 Å². The topological polar surface area (TPSA) is 50.7 Å². The molecule has 2 rings (SSSR count). The molecule has 0 aliphatic carbocycles. The number of nitrogens with one attached hydrogen (secondary N) is 1. The summed E-state index contributed by atoms with van der Waals surface area (Å²) in [5.74, 6) is 1.70. The Morgan fingerprint density at radius 2 is 2.22 bits per heavy atom. The van der Waals surface area contributed by atoms with Gasteiger partial charge in [-0.2, -0.15) is 0 Å². The third-order valence-corrected chi connectivity index (χ3v) is 3.34. The average molecular weight is 264 g/mol. The highest BCUT2D eigenvalue weighted by atomic mass is 32.2. The van der Waals surface area contributed by atoms with Crippen molar-refractivity contribution in [2.45, 2.75) is 13.3 Å². The van der Waals surface area contributed by atoms with Crippen LogP contribution in [0.1, 0.15) is 12.0 Å². The molecule has 5 heteroatoms. The zero-order chi connectivity index (χ0) is 12.8. The van der Waals surface area contributed by atoms with Crippen LogP contribution in [0.5, 0.6) is 5.75 Å². The van der Waals surface area contributed by atoms with Crippen LogP contribution < -0.4 is 10.1 Å². The molecule has 1 aliphatic rings. The Morgan fingerprint density at radius 3 is 2.89 bits per heavy atom. The summed E-state index contributed by atoms with van der Waals surface area (Å²) in [5.41, 5.74) is 1.19. The maximum atomic E-state index is 11.6. The SMILES string of the molecule is Cc1ccc(OCCC(=O)NC2=NCCS2)cc1. The number of benzene rings is 1. The first-order chi connectivity index (χ1) is 8.74. The van der Waals surface area contributed by atoms with E-state index in [0.717, 1.165) is 23.2 Å². The van der Waals surface area contributed by atoms with E-state index in [-0.39, 0.29) is 5.91 Å². The second-order valence-corrected chi connectivity index (χ2v) is 5.08. The molecule has 0 saturated heterocycles. The van der Waals surface area contributed by atoms with Crippen LogP contribution in [0.3, 0.4) is 0 Å². The van der Waals surface area contributed by atoms with Gasteiger partial charge in [-0.15, -0.1) is 0 Å². The molecule has 0 spiro atoms. The first-order valence-electron chi connectivity index (χ1n) is 5.90. The van der Waals surface area contributed by atoms with Crippen molar-refractivity contribution in [3.63, 3.8) is 0 Å². The molecule has 96 valence electrons. The molecule has 1 amide bonds. The standard InChI is InChI=1S/C13H16N2O2S/c1-10-2-4-11(5-3-10)17-8-6-12(16)15-13-14-7-9-18-13/h2-5H,6-9H2,1H3,(H,14,15,16). The summed E-state index contributed by atoms with van der Waals surface area (Å²) in [6.07, 6.45) is 0.341. The molecule has 18 heavy (non-hydrogen) atoms. The minimum Gasteiger partial charge on any atom is -0.493 e. The third-order valence-electron chi connectivity index (χ3n) is 2.45. The number of rotatable bonds is 4. The second-order valence-electron chi connectivity index (χ2n) is 4.00. The lowest BCUT2D eigenvalue weighted by Crippen LogP contribution is -2.28. The number of hydrogen-bond acceptors (Lipinski definition) is 4. The number of amidine groups is 1. The largest absolute Gasteiger partial charge is 0.493 e. The molecular weight excluding hydrogens is 248 g/mol. The molecule has 0 aromatic heterocycles. The van der Waals surface area contributed by atoms with Gasteiger partial charge in [-0.3, -0.25) is 9.79 Å². The molecule has 0 bridgehead atoms. The van der Waals surface area contributed by atoms with Crippen LogP contribution in [0.2, 0.25) is 0 Å². The number of thioether (sulfide) groups is 1. The highest BCUT2D eigenvalue weighted by Crippen LogP contribution is 2.12. The monoisotopic (exact) mass is 264 g/mol. The van der Waals surface area contributed by atoms with Gasteiger partial charge in [-0.05, 0) is 19.1 Å². The normalized spacial score (nSPS) is 14.2. The molecule has 1 aliphatic heterocycles. The van der Waals surface area contributed by atoms with Crippen molar-refractivity contribution >= 4 is 22.8 Å². The van der Waals surface area contributed by atoms with Gasteiger partial charge in [-0.25, -0.2) is 0 Å². The predicted octanol–water partition coefficient (Wildman–Crippen LogP) is 1.98. The highest BCUT2D eigenvalue weighted by Gasteiger charge is 2.10. The van der Waals surface area contributed by atoms with Crippen molar-refractivity contribution < 1.29 is 9.53 Å². The van der Waals surface area contributed by atoms with Crippen LogP contribution in [0.25, 0.3) is 0 Å². The molecule has 0 fully saturated rings. The third kappa shape index (κ3) is 4.07. The van der Waals surface area contributed by atoms with Gasteiger partial charge in [0.1, 0.15) is 5.75 Å². The molecule has 1 N–H and O–H groups in total. The van der Waals surface area contributed by atoms with E-state index in [1.165, 1.54) is 5.56 Å². The van der Waals surface area contributed by atoms with Crippen LogP contribution in [-0.2, 0) is 4.79 Å². The van der Waals surface area contributed by atoms with Gasteiger partial charge in [0.15, 0.2) is 5.17 Å². The first-order valence-corrected chi connectivity index (χ1v) is 6.89. The minimum absolute atomic E-state index is 0.0461. The summed E-state index contributed by atoms with van der Waals surface area (Å²) >= 11 is 1.58. The van der Waals surface area contributed by atoms with Crippen molar-refractivity contribution in [3.8, 4) is 5.75 Å². The minimum atomic E-state index is -0.0461. The van der Waals surface area contributed by atoms with E-state index in [1.807, 2.05) is 31.2 Å². The van der Waals surface area contributed by atoms with Crippen LogP contribution in [0.4, 0.5) is 0 Å². The number of nitrogens with zero attached hydrogens (tertiary/aromatic N) is 1. The van der Waals surface area contributed by atoms with Crippen LogP contribution in [0, 0.1) is 6.92 Å². The van der Waals surface area contributed by atoms with E-state index in [0.29, 0.717) is 13.0 Å². The zero-order valence-corrected chi connectivity index (χ0v) is 11.1. The summed E-state index contributed by atoms with van der Waals surface area (Å²) in [7, 11) is 0. The number of ether oxygens (including phenoxy) is 1. The molecule has 4 nitrogen and oxygen atoms in total. The Kier molecular flexibility index (Phi) is 4.64. The van der Waals surface area contributed by atoms with E-state index in [1.54, 1.807) is 11.8 Å². The predicted molar refractivity (Wildman–Crippen MR) is 74.2 cm³/mol. The summed E-state index contributed by atoms with van der Waals surface area (Å²) in [6.45, 7) is 3.20. The molecule has 0 radical (unpaired) electrons. The first kappa shape index (κ1) is 13.0. The Hall–Kier alpha value is -1.49. The fraction of sp³-hybridized carbons (Fsp3) is 0.385. The number of aryl methyl sites for hydroxylation is 1. The lowest BCUT2D eigenvalue weighted by atomic mass is 10.2. The summed E-state index contributed by atoms with van der Waals surface area (Å²) in [4.78, 5) is 15.7. The number of carbonyl (C=O) groups is 1. The molecule has 0 saturated carbocycles. The number of carbonyl (C=O) groups excluding carboxylic acids is 1. The van der Waals surface area contributed by atoms with Crippen molar-refractivity contribution in [2.75, 3.05) is 18.9 Å². The Labute approximate surface area is 111 Å². The fourth-order valence-corrected chi connectivity index (χ4v) is 2.23. The Balaban J connectivity index is 1.68.